The summed E-state index contributed by atoms with van der Waals surface area (Å²) in [6.45, 7) is 3.76. The average molecular weight is 433 g/mol. The van der Waals surface area contributed by atoms with E-state index in [4.69, 9.17) is 4.74 Å². The molecule has 30 heavy (non-hydrogen) atoms. The number of nitrogens with zero attached hydrogens (tertiary/aromatic N) is 6. The molecular formula is C19H24N6O4S. The van der Waals surface area contributed by atoms with Crippen LogP contribution in [0, 0.1) is 0 Å². The van der Waals surface area contributed by atoms with Crippen LogP contribution in [0.1, 0.15) is 10.4 Å². The third kappa shape index (κ3) is 4.42. The first-order valence-corrected chi connectivity index (χ1v) is 11.6. The Hall–Kier alpha value is -2.63. The summed E-state index contributed by atoms with van der Waals surface area (Å²) in [5, 5.41) is 0. The lowest BCUT2D eigenvalue weighted by Gasteiger charge is -2.33. The molecule has 0 aromatic carbocycles. The van der Waals surface area contributed by atoms with E-state index in [1.54, 1.807) is 23.4 Å². The molecular weight excluding hydrogens is 408 g/mol. The summed E-state index contributed by atoms with van der Waals surface area (Å²) in [5.41, 5.74) is 1.42. The highest BCUT2D eigenvalue weighted by molar-refractivity contribution is 7.88. The smallest absolute Gasteiger partial charge is 0.257 e. The predicted molar refractivity (Wildman–Crippen MR) is 111 cm³/mol. The minimum atomic E-state index is -3.26. The quantitative estimate of drug-likeness (QED) is 0.669. The van der Waals surface area contributed by atoms with E-state index < -0.39 is 10.0 Å². The van der Waals surface area contributed by atoms with Crippen molar-refractivity contribution < 1.29 is 17.9 Å². The molecule has 160 valence electrons. The Morgan fingerprint density at radius 3 is 2.40 bits per heavy atom. The van der Waals surface area contributed by atoms with Gasteiger partial charge in [-0.05, 0) is 12.1 Å². The lowest BCUT2D eigenvalue weighted by Crippen LogP contribution is -2.50. The summed E-state index contributed by atoms with van der Waals surface area (Å²) in [4.78, 5) is 30.4. The molecule has 0 aliphatic carbocycles. The first kappa shape index (κ1) is 20.6. The monoisotopic (exact) mass is 432 g/mol. The number of anilines is 1. The molecule has 0 spiro atoms. The van der Waals surface area contributed by atoms with E-state index in [1.165, 1.54) is 10.6 Å². The minimum absolute atomic E-state index is 0.225. The Morgan fingerprint density at radius 1 is 1.03 bits per heavy atom. The van der Waals surface area contributed by atoms with Crippen molar-refractivity contribution in [1.82, 2.24) is 24.2 Å². The second kappa shape index (κ2) is 8.62. The zero-order valence-corrected chi connectivity index (χ0v) is 17.6. The summed E-state index contributed by atoms with van der Waals surface area (Å²) in [6.07, 6.45) is 4.39. The summed E-state index contributed by atoms with van der Waals surface area (Å²) in [5.74, 6) is 0.315. The molecule has 4 rings (SSSR count). The van der Waals surface area contributed by atoms with Crippen molar-refractivity contribution in [1.29, 1.82) is 0 Å². The van der Waals surface area contributed by atoms with Gasteiger partial charge in [0.1, 0.15) is 5.69 Å². The van der Waals surface area contributed by atoms with Gasteiger partial charge in [-0.2, -0.15) is 4.31 Å². The van der Waals surface area contributed by atoms with Crippen molar-refractivity contribution in [3.05, 3.63) is 36.2 Å². The second-order valence-corrected chi connectivity index (χ2v) is 9.18. The maximum Gasteiger partial charge on any atom is 0.257 e. The van der Waals surface area contributed by atoms with Crippen LogP contribution >= 0.6 is 0 Å². The van der Waals surface area contributed by atoms with Gasteiger partial charge in [-0.1, -0.05) is 6.07 Å². The van der Waals surface area contributed by atoms with Gasteiger partial charge in [-0.15, -0.1) is 0 Å². The van der Waals surface area contributed by atoms with Crippen LogP contribution in [0.2, 0.25) is 0 Å². The van der Waals surface area contributed by atoms with Crippen LogP contribution < -0.4 is 4.90 Å². The Morgan fingerprint density at radius 2 is 1.77 bits per heavy atom. The molecule has 11 heteroatoms. The van der Waals surface area contributed by atoms with Gasteiger partial charge in [0.15, 0.2) is 0 Å². The maximum atomic E-state index is 13.3. The molecule has 0 unspecified atom stereocenters. The van der Waals surface area contributed by atoms with Crippen LogP contribution in [0.3, 0.4) is 0 Å². The predicted octanol–water partition coefficient (Wildman–Crippen LogP) is 0.0926. The number of ether oxygens (including phenoxy) is 1. The third-order valence-corrected chi connectivity index (χ3v) is 6.51. The second-order valence-electron chi connectivity index (χ2n) is 7.20. The lowest BCUT2D eigenvalue weighted by atomic mass is 10.1. The van der Waals surface area contributed by atoms with Crippen molar-refractivity contribution in [3.8, 4) is 11.4 Å². The summed E-state index contributed by atoms with van der Waals surface area (Å²) in [6, 6.07) is 5.46. The lowest BCUT2D eigenvalue weighted by molar-refractivity contribution is 0.0698. The van der Waals surface area contributed by atoms with Crippen molar-refractivity contribution in [2.24, 2.45) is 0 Å². The van der Waals surface area contributed by atoms with Gasteiger partial charge in [-0.3, -0.25) is 9.78 Å². The fourth-order valence-corrected chi connectivity index (χ4v) is 4.36. The molecule has 0 N–H and O–H groups in total. The van der Waals surface area contributed by atoms with Gasteiger partial charge >= 0.3 is 0 Å². The van der Waals surface area contributed by atoms with Crippen LogP contribution in [0.4, 0.5) is 5.95 Å². The van der Waals surface area contributed by atoms with Crippen LogP contribution in [0.5, 0.6) is 0 Å². The molecule has 2 fully saturated rings. The van der Waals surface area contributed by atoms with Crippen molar-refractivity contribution in [2.75, 3.05) is 63.6 Å². The van der Waals surface area contributed by atoms with E-state index in [0.29, 0.717) is 62.3 Å². The maximum absolute atomic E-state index is 13.3. The zero-order chi connectivity index (χ0) is 21.1. The normalized spacial score (nSPS) is 18.4. The number of aromatic nitrogens is 3. The zero-order valence-electron chi connectivity index (χ0n) is 16.8. The number of sulfonamides is 1. The minimum Gasteiger partial charge on any atom is -0.378 e. The molecule has 0 atom stereocenters. The molecule has 4 heterocycles. The Bertz CT molecular complexity index is 1000. The first-order chi connectivity index (χ1) is 14.4. The number of hydrogen-bond donors (Lipinski definition) is 0. The molecule has 2 aromatic rings. The van der Waals surface area contributed by atoms with Crippen molar-refractivity contribution in [3.63, 3.8) is 0 Å². The fraction of sp³-hybridized carbons (Fsp3) is 0.474. The molecule has 2 saturated heterocycles. The molecule has 2 aliphatic rings. The number of piperazine rings is 1. The number of carbonyl (C=O) groups is 1. The summed E-state index contributed by atoms with van der Waals surface area (Å²) in [7, 11) is -3.26. The van der Waals surface area contributed by atoms with Gasteiger partial charge in [0.05, 0.1) is 30.7 Å². The van der Waals surface area contributed by atoms with E-state index in [0.717, 1.165) is 0 Å². The summed E-state index contributed by atoms with van der Waals surface area (Å²) >= 11 is 0. The summed E-state index contributed by atoms with van der Waals surface area (Å²) < 4.78 is 30.3. The van der Waals surface area contributed by atoms with E-state index in [-0.39, 0.29) is 19.0 Å². The fourth-order valence-electron chi connectivity index (χ4n) is 3.54. The SMILES string of the molecule is CS(=O)(=O)N1CCN(C(=O)c2cnc(N3CCOCC3)nc2-c2ccccn2)CC1. The van der Waals surface area contributed by atoms with Gasteiger partial charge in [-0.25, -0.2) is 18.4 Å². The molecule has 1 amide bonds. The molecule has 2 aliphatic heterocycles. The number of morpholine rings is 1. The largest absolute Gasteiger partial charge is 0.378 e. The first-order valence-electron chi connectivity index (χ1n) is 9.79. The van der Waals surface area contributed by atoms with E-state index in [2.05, 4.69) is 15.0 Å². The standard InChI is InChI=1S/C19H24N6O4S/c1-30(27,28)25-8-6-23(7-9-25)18(26)15-14-21-19(24-10-12-29-13-11-24)22-17(15)16-4-2-3-5-20-16/h2-5,14H,6-13H2,1H3. The highest BCUT2D eigenvalue weighted by atomic mass is 32.2. The molecule has 2 aromatic heterocycles. The van der Waals surface area contributed by atoms with Gasteiger partial charge < -0.3 is 14.5 Å². The van der Waals surface area contributed by atoms with Gasteiger partial charge in [0.2, 0.25) is 16.0 Å². The molecule has 10 nitrogen and oxygen atoms in total. The van der Waals surface area contributed by atoms with E-state index >= 15 is 0 Å². The van der Waals surface area contributed by atoms with Gasteiger partial charge in [0.25, 0.3) is 5.91 Å². The Kier molecular flexibility index (Phi) is 5.93. The highest BCUT2D eigenvalue weighted by Crippen LogP contribution is 2.24. The molecule has 0 bridgehead atoms. The number of pyridine rings is 1. The average Bonchev–Trinajstić information content (AvgIpc) is 2.79. The van der Waals surface area contributed by atoms with Gasteiger partial charge in [0, 0.05) is 51.7 Å². The number of rotatable bonds is 4. The molecule has 0 radical (unpaired) electrons. The number of hydrogen-bond acceptors (Lipinski definition) is 8. The Labute approximate surface area is 175 Å². The van der Waals surface area contributed by atoms with Crippen LogP contribution in [0.15, 0.2) is 30.6 Å². The number of carbonyl (C=O) groups excluding carboxylic acids is 1. The van der Waals surface area contributed by atoms with Crippen molar-refractivity contribution >= 4 is 21.9 Å². The third-order valence-electron chi connectivity index (χ3n) is 5.20. The van der Waals surface area contributed by atoms with Crippen LogP contribution in [-0.2, 0) is 14.8 Å². The Balaban J connectivity index is 1.63. The number of amides is 1. The van der Waals surface area contributed by atoms with Crippen LogP contribution in [0.25, 0.3) is 11.4 Å². The van der Waals surface area contributed by atoms with E-state index in [9.17, 15) is 13.2 Å². The topological polar surface area (TPSA) is 109 Å². The molecule has 0 saturated carbocycles. The highest BCUT2D eigenvalue weighted by Gasteiger charge is 2.29. The van der Waals surface area contributed by atoms with E-state index in [1.807, 2.05) is 17.0 Å². The van der Waals surface area contributed by atoms with Crippen molar-refractivity contribution in [2.45, 2.75) is 0 Å². The van der Waals surface area contributed by atoms with Crippen LogP contribution in [-0.4, -0.2) is 97.2 Å².